The van der Waals surface area contributed by atoms with Gasteiger partial charge in [0.25, 0.3) is 11.8 Å². The Morgan fingerprint density at radius 2 is 1.79 bits per heavy atom. The summed E-state index contributed by atoms with van der Waals surface area (Å²) in [4.78, 5) is 28.0. The molecule has 0 atom stereocenters. The van der Waals surface area contributed by atoms with Crippen molar-refractivity contribution in [2.45, 2.75) is 19.8 Å². The van der Waals surface area contributed by atoms with Gasteiger partial charge in [-0.1, -0.05) is 19.4 Å². The summed E-state index contributed by atoms with van der Waals surface area (Å²) in [6.07, 6.45) is 1.79. The van der Waals surface area contributed by atoms with Crippen LogP contribution in [0, 0.1) is 11.6 Å². The molecular formula is C17H17F2N3O2. The Bertz CT molecular complexity index is 750. The van der Waals surface area contributed by atoms with Gasteiger partial charge in [0.2, 0.25) is 0 Å². The van der Waals surface area contributed by atoms with Crippen LogP contribution in [0.4, 0.5) is 14.5 Å². The summed E-state index contributed by atoms with van der Waals surface area (Å²) >= 11 is 0. The van der Waals surface area contributed by atoms with Gasteiger partial charge in [0, 0.05) is 12.6 Å². The zero-order valence-electron chi connectivity index (χ0n) is 13.1. The second-order valence-corrected chi connectivity index (χ2v) is 5.10. The Hall–Kier alpha value is -2.83. The van der Waals surface area contributed by atoms with Crippen molar-refractivity contribution in [1.82, 2.24) is 10.3 Å². The maximum absolute atomic E-state index is 13.6. The molecule has 126 valence electrons. The normalized spacial score (nSPS) is 10.3. The molecule has 24 heavy (non-hydrogen) atoms. The zero-order chi connectivity index (χ0) is 17.5. The highest BCUT2D eigenvalue weighted by Crippen LogP contribution is 2.15. The Morgan fingerprint density at radius 1 is 1.08 bits per heavy atom. The van der Waals surface area contributed by atoms with E-state index in [0.29, 0.717) is 12.6 Å². The topological polar surface area (TPSA) is 71.1 Å². The summed E-state index contributed by atoms with van der Waals surface area (Å²) in [6.45, 7) is 2.53. The summed E-state index contributed by atoms with van der Waals surface area (Å²) in [5.41, 5.74) is -0.110. The number of anilines is 1. The van der Waals surface area contributed by atoms with Crippen LogP contribution >= 0.6 is 0 Å². The average molecular weight is 333 g/mol. The fraction of sp³-hybridized carbons (Fsp3) is 0.235. The summed E-state index contributed by atoms with van der Waals surface area (Å²) in [5, 5.41) is 4.99. The fourth-order valence-electron chi connectivity index (χ4n) is 1.93. The highest BCUT2D eigenvalue weighted by Gasteiger charge is 2.14. The number of hydrogen-bond donors (Lipinski definition) is 2. The Balaban J connectivity index is 2.09. The number of carbonyl (C=O) groups is 2. The number of halogens is 2. The van der Waals surface area contributed by atoms with Crippen LogP contribution in [-0.2, 0) is 0 Å². The van der Waals surface area contributed by atoms with Crippen LogP contribution in [0.1, 0.15) is 40.7 Å². The number of carbonyl (C=O) groups excluding carboxylic acids is 2. The van der Waals surface area contributed by atoms with Crippen LogP contribution in [0.25, 0.3) is 0 Å². The smallest absolute Gasteiger partial charge is 0.274 e. The van der Waals surface area contributed by atoms with Crippen LogP contribution in [0.3, 0.4) is 0 Å². The first-order valence-electron chi connectivity index (χ1n) is 7.53. The number of benzene rings is 1. The van der Waals surface area contributed by atoms with Crippen molar-refractivity contribution in [3.8, 4) is 0 Å². The maximum atomic E-state index is 13.6. The van der Waals surface area contributed by atoms with Gasteiger partial charge in [0.15, 0.2) is 0 Å². The van der Waals surface area contributed by atoms with Crippen molar-refractivity contribution in [1.29, 1.82) is 0 Å². The predicted octanol–water partition coefficient (Wildman–Crippen LogP) is 3.14. The molecule has 0 radical (unpaired) electrons. The van der Waals surface area contributed by atoms with Crippen molar-refractivity contribution in [2.24, 2.45) is 0 Å². The molecule has 0 spiro atoms. The number of hydrogen-bond acceptors (Lipinski definition) is 3. The molecular weight excluding hydrogens is 316 g/mol. The van der Waals surface area contributed by atoms with Gasteiger partial charge >= 0.3 is 0 Å². The Kier molecular flexibility index (Phi) is 5.95. The molecule has 0 aliphatic heterocycles. The van der Waals surface area contributed by atoms with Gasteiger partial charge in [-0.15, -0.1) is 0 Å². The molecule has 5 nitrogen and oxygen atoms in total. The SMILES string of the molecule is CCCCNC(=O)c1cccc(C(=O)Nc2ccc(F)cc2F)n1. The molecule has 7 heteroatoms. The van der Waals surface area contributed by atoms with E-state index in [-0.39, 0.29) is 23.0 Å². The van der Waals surface area contributed by atoms with Crippen LogP contribution in [0.5, 0.6) is 0 Å². The van der Waals surface area contributed by atoms with Crippen LogP contribution in [0.15, 0.2) is 36.4 Å². The van der Waals surface area contributed by atoms with Gasteiger partial charge in [0.1, 0.15) is 23.0 Å². The van der Waals surface area contributed by atoms with Crippen LogP contribution in [-0.4, -0.2) is 23.3 Å². The molecule has 0 aliphatic carbocycles. The van der Waals surface area contributed by atoms with Crippen molar-refractivity contribution < 1.29 is 18.4 Å². The largest absolute Gasteiger partial charge is 0.351 e. The van der Waals surface area contributed by atoms with E-state index in [4.69, 9.17) is 0 Å². The van der Waals surface area contributed by atoms with Crippen LogP contribution < -0.4 is 10.6 Å². The maximum Gasteiger partial charge on any atom is 0.274 e. The van der Waals surface area contributed by atoms with Gasteiger partial charge in [-0.2, -0.15) is 0 Å². The molecule has 2 aromatic rings. The first-order chi connectivity index (χ1) is 11.5. The molecule has 2 amide bonds. The van der Waals surface area contributed by atoms with Gasteiger partial charge in [-0.3, -0.25) is 9.59 Å². The summed E-state index contributed by atoms with van der Waals surface area (Å²) in [5.74, 6) is -2.71. The van der Waals surface area contributed by atoms with E-state index in [1.165, 1.54) is 18.2 Å². The number of unbranched alkanes of at least 4 members (excludes halogenated alkanes) is 1. The fourth-order valence-corrected chi connectivity index (χ4v) is 1.93. The third-order valence-corrected chi connectivity index (χ3v) is 3.21. The number of pyridine rings is 1. The molecule has 2 rings (SSSR count). The number of amides is 2. The second-order valence-electron chi connectivity index (χ2n) is 5.10. The van der Waals surface area contributed by atoms with E-state index < -0.39 is 17.5 Å². The average Bonchev–Trinajstić information content (AvgIpc) is 2.57. The molecule has 0 unspecified atom stereocenters. The van der Waals surface area contributed by atoms with Crippen molar-refractivity contribution in [3.05, 3.63) is 59.4 Å². The molecule has 0 aliphatic rings. The number of rotatable bonds is 6. The summed E-state index contributed by atoms with van der Waals surface area (Å²) < 4.78 is 26.4. The molecule has 2 N–H and O–H groups in total. The lowest BCUT2D eigenvalue weighted by Gasteiger charge is -2.08. The lowest BCUT2D eigenvalue weighted by atomic mass is 10.2. The first kappa shape index (κ1) is 17.5. The highest BCUT2D eigenvalue weighted by molar-refractivity contribution is 6.03. The number of aromatic nitrogens is 1. The van der Waals surface area contributed by atoms with Crippen molar-refractivity contribution in [2.75, 3.05) is 11.9 Å². The third-order valence-electron chi connectivity index (χ3n) is 3.21. The lowest BCUT2D eigenvalue weighted by molar-refractivity contribution is 0.0948. The quantitative estimate of drug-likeness (QED) is 0.798. The van der Waals surface area contributed by atoms with Gasteiger partial charge in [-0.05, 0) is 30.7 Å². The molecule has 0 fully saturated rings. The minimum atomic E-state index is -0.892. The van der Waals surface area contributed by atoms with Gasteiger partial charge < -0.3 is 10.6 Å². The van der Waals surface area contributed by atoms with Gasteiger partial charge in [0.05, 0.1) is 5.69 Å². The van der Waals surface area contributed by atoms with Gasteiger partial charge in [-0.25, -0.2) is 13.8 Å². The summed E-state index contributed by atoms with van der Waals surface area (Å²) in [6, 6.07) is 7.21. The van der Waals surface area contributed by atoms with E-state index in [0.717, 1.165) is 25.0 Å². The van der Waals surface area contributed by atoms with Crippen molar-refractivity contribution >= 4 is 17.5 Å². The highest BCUT2D eigenvalue weighted by atomic mass is 19.1. The monoisotopic (exact) mass is 333 g/mol. The molecule has 1 heterocycles. The molecule has 0 bridgehead atoms. The molecule has 1 aromatic carbocycles. The summed E-state index contributed by atoms with van der Waals surface area (Å²) in [7, 11) is 0. The van der Waals surface area contributed by atoms with Crippen molar-refractivity contribution in [3.63, 3.8) is 0 Å². The molecule has 1 aromatic heterocycles. The molecule has 0 saturated heterocycles. The lowest BCUT2D eigenvalue weighted by Crippen LogP contribution is -2.26. The predicted molar refractivity (Wildman–Crippen MR) is 85.8 cm³/mol. The molecule has 0 saturated carbocycles. The Labute approximate surface area is 138 Å². The van der Waals surface area contributed by atoms with E-state index in [9.17, 15) is 18.4 Å². The number of nitrogens with one attached hydrogen (secondary N) is 2. The first-order valence-corrected chi connectivity index (χ1v) is 7.53. The van der Waals surface area contributed by atoms with E-state index in [2.05, 4.69) is 15.6 Å². The minimum absolute atomic E-state index is 0.0399. The number of nitrogens with zero attached hydrogens (tertiary/aromatic N) is 1. The second kappa shape index (κ2) is 8.14. The van der Waals surface area contributed by atoms with Crippen LogP contribution in [0.2, 0.25) is 0 Å². The zero-order valence-corrected chi connectivity index (χ0v) is 13.1. The standard InChI is InChI=1S/C17H17F2N3O2/c1-2-3-9-20-16(23)14-5-4-6-15(21-14)17(24)22-13-8-7-11(18)10-12(13)19/h4-8,10H,2-3,9H2,1H3,(H,20,23)(H,22,24). The third kappa shape index (κ3) is 4.58. The van der Waals surface area contributed by atoms with E-state index in [1.807, 2.05) is 6.92 Å². The minimum Gasteiger partial charge on any atom is -0.351 e. The Morgan fingerprint density at radius 3 is 2.46 bits per heavy atom. The van der Waals surface area contributed by atoms with E-state index >= 15 is 0 Å². The van der Waals surface area contributed by atoms with E-state index in [1.54, 1.807) is 0 Å².